The van der Waals surface area contributed by atoms with Gasteiger partial charge in [0.25, 0.3) is 0 Å². The van der Waals surface area contributed by atoms with Crippen LogP contribution < -0.4 is 5.32 Å². The second-order valence-corrected chi connectivity index (χ2v) is 6.77. The highest BCUT2D eigenvalue weighted by Gasteiger charge is 2.27. The molecule has 128 valence electrons. The van der Waals surface area contributed by atoms with Crippen LogP contribution in [0.1, 0.15) is 26.2 Å². The number of aromatic nitrogens is 2. The Morgan fingerprint density at radius 2 is 2.08 bits per heavy atom. The van der Waals surface area contributed by atoms with Gasteiger partial charge in [-0.2, -0.15) is 9.36 Å². The molecule has 1 atom stereocenters. The van der Waals surface area contributed by atoms with E-state index in [1.165, 1.54) is 11.5 Å². The van der Waals surface area contributed by atoms with E-state index in [9.17, 15) is 9.90 Å². The van der Waals surface area contributed by atoms with E-state index in [1.54, 1.807) is 4.90 Å². The van der Waals surface area contributed by atoms with Gasteiger partial charge >= 0.3 is 6.03 Å². The number of carbonyl (C=O) groups excluding carboxylic acids is 1. The highest BCUT2D eigenvalue weighted by atomic mass is 32.1. The molecular formula is C17H22N4O2S. The van der Waals surface area contributed by atoms with Gasteiger partial charge in [-0.1, -0.05) is 37.3 Å². The Kier molecular flexibility index (Phi) is 5.42. The van der Waals surface area contributed by atoms with Gasteiger partial charge in [-0.25, -0.2) is 4.79 Å². The lowest BCUT2D eigenvalue weighted by molar-refractivity contribution is 0.0660. The minimum atomic E-state index is -0.258. The van der Waals surface area contributed by atoms with E-state index in [2.05, 4.69) is 14.7 Å². The van der Waals surface area contributed by atoms with Crippen LogP contribution in [-0.2, 0) is 0 Å². The maximum atomic E-state index is 12.4. The number of benzene rings is 1. The molecule has 3 rings (SSSR count). The number of carbonyl (C=O) groups is 1. The summed E-state index contributed by atoms with van der Waals surface area (Å²) < 4.78 is 4.30. The quantitative estimate of drug-likeness (QED) is 0.891. The zero-order valence-electron chi connectivity index (χ0n) is 13.7. The molecular weight excluding hydrogens is 324 g/mol. The molecule has 24 heavy (non-hydrogen) atoms. The molecule has 1 aliphatic heterocycles. The second-order valence-electron chi connectivity index (χ2n) is 6.02. The maximum Gasteiger partial charge on any atom is 0.323 e. The van der Waals surface area contributed by atoms with Crippen LogP contribution in [0.15, 0.2) is 30.3 Å². The molecule has 2 N–H and O–H groups in total. The van der Waals surface area contributed by atoms with Crippen LogP contribution >= 0.6 is 11.5 Å². The molecule has 0 aliphatic carbocycles. The summed E-state index contributed by atoms with van der Waals surface area (Å²) in [5.41, 5.74) is 0.934. The third-order valence-corrected chi connectivity index (χ3v) is 5.09. The number of hydrogen-bond acceptors (Lipinski definition) is 5. The predicted octanol–water partition coefficient (Wildman–Crippen LogP) is 3.22. The van der Waals surface area contributed by atoms with Crippen molar-refractivity contribution in [2.45, 2.75) is 32.3 Å². The Bertz CT molecular complexity index is 668. The molecule has 1 aromatic carbocycles. The van der Waals surface area contributed by atoms with Crippen molar-refractivity contribution in [1.29, 1.82) is 0 Å². The van der Waals surface area contributed by atoms with Gasteiger partial charge in [-0.3, -0.25) is 5.32 Å². The van der Waals surface area contributed by atoms with Crippen LogP contribution in [0.3, 0.4) is 0 Å². The average molecular weight is 346 g/mol. The number of nitrogens with zero attached hydrogens (tertiary/aromatic N) is 3. The number of urea groups is 1. The fourth-order valence-corrected chi connectivity index (χ4v) is 3.55. The van der Waals surface area contributed by atoms with Crippen LogP contribution in [0.25, 0.3) is 11.4 Å². The van der Waals surface area contributed by atoms with Crippen LogP contribution in [0.2, 0.25) is 0 Å². The predicted molar refractivity (Wildman–Crippen MR) is 95.0 cm³/mol. The smallest absolute Gasteiger partial charge is 0.323 e. The SMILES string of the molecule is CCC(O)C1CCN(C(=O)Nc2nc(-c3ccccc3)ns2)CC1. The molecule has 1 unspecified atom stereocenters. The highest BCUT2D eigenvalue weighted by Crippen LogP contribution is 2.24. The van der Waals surface area contributed by atoms with Crippen molar-refractivity contribution < 1.29 is 9.90 Å². The summed E-state index contributed by atoms with van der Waals surface area (Å²) in [4.78, 5) is 18.5. The van der Waals surface area contributed by atoms with E-state index >= 15 is 0 Å². The minimum absolute atomic E-state index is 0.143. The average Bonchev–Trinajstić information content (AvgIpc) is 3.10. The summed E-state index contributed by atoms with van der Waals surface area (Å²) in [5.74, 6) is 0.922. The number of aliphatic hydroxyl groups excluding tert-OH is 1. The van der Waals surface area contributed by atoms with E-state index < -0.39 is 0 Å². The maximum absolute atomic E-state index is 12.4. The van der Waals surface area contributed by atoms with Gasteiger partial charge in [-0.15, -0.1) is 0 Å². The lowest BCUT2D eigenvalue weighted by atomic mass is 9.90. The Morgan fingerprint density at radius 3 is 2.75 bits per heavy atom. The molecule has 2 heterocycles. The largest absolute Gasteiger partial charge is 0.393 e. The van der Waals surface area contributed by atoms with Gasteiger partial charge < -0.3 is 10.0 Å². The Hall–Kier alpha value is -1.99. The Balaban J connectivity index is 1.55. The van der Waals surface area contributed by atoms with Crippen molar-refractivity contribution in [3.8, 4) is 11.4 Å². The first-order valence-corrected chi connectivity index (χ1v) is 9.08. The fourth-order valence-electron chi connectivity index (χ4n) is 2.97. The van der Waals surface area contributed by atoms with E-state index in [1.807, 2.05) is 37.3 Å². The van der Waals surface area contributed by atoms with E-state index in [0.717, 1.165) is 24.8 Å². The zero-order chi connectivity index (χ0) is 16.9. The number of piperidine rings is 1. The Labute approximate surface area is 145 Å². The van der Waals surface area contributed by atoms with Gasteiger partial charge in [-0.05, 0) is 25.2 Å². The van der Waals surface area contributed by atoms with Gasteiger partial charge in [0.1, 0.15) is 0 Å². The minimum Gasteiger partial charge on any atom is -0.393 e. The molecule has 0 radical (unpaired) electrons. The summed E-state index contributed by atoms with van der Waals surface area (Å²) >= 11 is 1.19. The van der Waals surface area contributed by atoms with E-state index in [-0.39, 0.29) is 12.1 Å². The standard InChI is InChI=1S/C17H22N4O2S/c1-2-14(22)12-8-10-21(11-9-12)17(23)19-16-18-15(20-24-16)13-6-4-3-5-7-13/h3-7,12,14,22H,2,8-11H2,1H3,(H,18,19,20,23). The number of hydrogen-bond donors (Lipinski definition) is 2. The molecule has 7 heteroatoms. The number of likely N-dealkylation sites (tertiary alicyclic amines) is 1. The van der Waals surface area contributed by atoms with E-state index in [0.29, 0.717) is 30.0 Å². The first kappa shape index (κ1) is 16.9. The molecule has 1 saturated heterocycles. The lowest BCUT2D eigenvalue weighted by Crippen LogP contribution is -2.43. The highest BCUT2D eigenvalue weighted by molar-refractivity contribution is 7.10. The lowest BCUT2D eigenvalue weighted by Gasteiger charge is -2.33. The topological polar surface area (TPSA) is 78.4 Å². The molecule has 0 spiro atoms. The van der Waals surface area contributed by atoms with Crippen molar-refractivity contribution in [3.63, 3.8) is 0 Å². The molecule has 0 saturated carbocycles. The van der Waals surface area contributed by atoms with Crippen molar-refractivity contribution in [1.82, 2.24) is 14.3 Å². The number of amides is 2. The molecule has 1 aromatic heterocycles. The van der Waals surface area contributed by atoms with Crippen molar-refractivity contribution in [2.75, 3.05) is 18.4 Å². The summed E-state index contributed by atoms with van der Waals surface area (Å²) in [5, 5.41) is 13.3. The summed E-state index contributed by atoms with van der Waals surface area (Å²) in [6.45, 7) is 3.32. The van der Waals surface area contributed by atoms with Crippen molar-refractivity contribution >= 4 is 22.7 Å². The zero-order valence-corrected chi connectivity index (χ0v) is 14.5. The van der Waals surface area contributed by atoms with Gasteiger partial charge in [0.2, 0.25) is 5.13 Å². The number of nitrogens with one attached hydrogen (secondary N) is 1. The van der Waals surface area contributed by atoms with Crippen LogP contribution in [0, 0.1) is 5.92 Å². The molecule has 0 bridgehead atoms. The third kappa shape index (κ3) is 3.91. The Morgan fingerprint density at radius 1 is 1.38 bits per heavy atom. The fraction of sp³-hybridized carbons (Fsp3) is 0.471. The number of rotatable bonds is 4. The second kappa shape index (κ2) is 7.72. The number of aliphatic hydroxyl groups is 1. The van der Waals surface area contributed by atoms with Crippen LogP contribution in [-0.4, -0.2) is 44.6 Å². The van der Waals surface area contributed by atoms with Gasteiger partial charge in [0.05, 0.1) is 6.10 Å². The molecule has 6 nitrogen and oxygen atoms in total. The third-order valence-electron chi connectivity index (χ3n) is 4.46. The molecule has 2 amide bonds. The van der Waals surface area contributed by atoms with Crippen molar-refractivity contribution in [3.05, 3.63) is 30.3 Å². The normalized spacial score (nSPS) is 16.8. The molecule has 2 aromatic rings. The van der Waals surface area contributed by atoms with Gasteiger partial charge in [0.15, 0.2) is 5.82 Å². The first-order chi connectivity index (χ1) is 11.7. The first-order valence-electron chi connectivity index (χ1n) is 8.30. The summed E-state index contributed by atoms with van der Waals surface area (Å²) in [6, 6.07) is 9.55. The van der Waals surface area contributed by atoms with Crippen molar-refractivity contribution in [2.24, 2.45) is 5.92 Å². The van der Waals surface area contributed by atoms with Crippen LogP contribution in [0.5, 0.6) is 0 Å². The van der Waals surface area contributed by atoms with E-state index in [4.69, 9.17) is 0 Å². The molecule has 1 aliphatic rings. The summed E-state index contributed by atoms with van der Waals surface area (Å²) in [6.07, 6.45) is 2.19. The summed E-state index contributed by atoms with van der Waals surface area (Å²) in [7, 11) is 0. The number of anilines is 1. The van der Waals surface area contributed by atoms with Crippen LogP contribution in [0.4, 0.5) is 9.93 Å². The molecule has 1 fully saturated rings. The van der Waals surface area contributed by atoms with Gasteiger partial charge in [0, 0.05) is 30.2 Å². The monoisotopic (exact) mass is 346 g/mol.